The molecule has 0 spiro atoms. The molecule has 30 heavy (non-hydrogen) atoms. The maximum Gasteiger partial charge on any atom is 0.253 e. The van der Waals surface area contributed by atoms with Gasteiger partial charge < -0.3 is 14.7 Å². The van der Waals surface area contributed by atoms with Crippen LogP contribution < -0.4 is 10.0 Å². The van der Waals surface area contributed by atoms with Crippen LogP contribution in [0, 0.1) is 12.8 Å². The fourth-order valence-electron chi connectivity index (χ4n) is 3.45. The second kappa shape index (κ2) is 8.19. The minimum atomic E-state index is -3.54. The molecule has 9 nitrogen and oxygen atoms in total. The number of hydrogen-bond acceptors (Lipinski definition) is 6. The van der Waals surface area contributed by atoms with Crippen molar-refractivity contribution in [2.24, 2.45) is 5.92 Å². The predicted octanol–water partition coefficient (Wildman–Crippen LogP) is 1.91. The molecule has 1 aliphatic heterocycles. The number of aromatic nitrogens is 1. The number of rotatable bonds is 6. The van der Waals surface area contributed by atoms with E-state index in [-0.39, 0.29) is 28.7 Å². The number of nitrogens with zero attached hydrogens (tertiary/aromatic N) is 2. The van der Waals surface area contributed by atoms with Gasteiger partial charge >= 0.3 is 0 Å². The van der Waals surface area contributed by atoms with E-state index in [9.17, 15) is 18.0 Å². The standard InChI is InChI=1S/C20H24N4O5S/c1-13-12-18(22-29-13)21-19(25)14-8-10-24(11-9-14)20(26)15-2-6-17(7-3-15)30(27,28)23-16-4-5-16/h2-3,6-7,12,14,16,23H,4-5,8-11H2,1H3,(H,21,22,25). The van der Waals surface area contributed by atoms with Crippen molar-refractivity contribution in [3.63, 3.8) is 0 Å². The van der Waals surface area contributed by atoms with E-state index in [1.54, 1.807) is 17.9 Å². The lowest BCUT2D eigenvalue weighted by atomic mass is 9.95. The van der Waals surface area contributed by atoms with Gasteiger partial charge in [0.25, 0.3) is 5.91 Å². The van der Waals surface area contributed by atoms with Gasteiger partial charge in [-0.3, -0.25) is 9.59 Å². The van der Waals surface area contributed by atoms with Gasteiger partial charge in [-0.2, -0.15) is 0 Å². The first-order chi connectivity index (χ1) is 14.3. The molecule has 1 aromatic heterocycles. The molecule has 2 aromatic rings. The Labute approximate surface area is 174 Å². The Kier molecular flexibility index (Phi) is 5.61. The predicted molar refractivity (Wildman–Crippen MR) is 108 cm³/mol. The number of amides is 2. The number of benzene rings is 1. The molecule has 1 saturated heterocycles. The molecule has 1 saturated carbocycles. The minimum Gasteiger partial charge on any atom is -0.360 e. The van der Waals surface area contributed by atoms with Gasteiger partial charge in [-0.15, -0.1) is 0 Å². The summed E-state index contributed by atoms with van der Waals surface area (Å²) >= 11 is 0. The van der Waals surface area contributed by atoms with Crippen molar-refractivity contribution in [1.82, 2.24) is 14.8 Å². The molecule has 0 unspecified atom stereocenters. The van der Waals surface area contributed by atoms with E-state index in [2.05, 4.69) is 15.2 Å². The number of carbonyl (C=O) groups is 2. The number of hydrogen-bond donors (Lipinski definition) is 2. The van der Waals surface area contributed by atoms with Gasteiger partial charge in [-0.25, -0.2) is 13.1 Å². The summed E-state index contributed by atoms with van der Waals surface area (Å²) in [5.41, 5.74) is 0.432. The molecule has 2 fully saturated rings. The van der Waals surface area contributed by atoms with E-state index < -0.39 is 10.0 Å². The van der Waals surface area contributed by atoms with Crippen LogP contribution >= 0.6 is 0 Å². The highest BCUT2D eigenvalue weighted by Gasteiger charge is 2.30. The smallest absolute Gasteiger partial charge is 0.253 e. The number of sulfonamides is 1. The quantitative estimate of drug-likeness (QED) is 0.719. The molecule has 2 amide bonds. The summed E-state index contributed by atoms with van der Waals surface area (Å²) in [7, 11) is -3.54. The van der Waals surface area contributed by atoms with Gasteiger partial charge in [0.05, 0.1) is 4.90 Å². The van der Waals surface area contributed by atoms with E-state index in [0.717, 1.165) is 12.8 Å². The molecule has 2 aliphatic rings. The Morgan fingerprint density at radius 2 is 1.77 bits per heavy atom. The summed E-state index contributed by atoms with van der Waals surface area (Å²) in [5, 5.41) is 6.49. The summed E-state index contributed by atoms with van der Waals surface area (Å²) in [4.78, 5) is 27.0. The van der Waals surface area contributed by atoms with Gasteiger partial charge in [-0.05, 0) is 56.9 Å². The molecule has 2 heterocycles. The van der Waals surface area contributed by atoms with Gasteiger partial charge in [-0.1, -0.05) is 5.16 Å². The molecule has 1 aliphatic carbocycles. The molecule has 1 aromatic carbocycles. The summed E-state index contributed by atoms with van der Waals surface area (Å²) in [6.45, 7) is 2.66. The fraction of sp³-hybridized carbons (Fsp3) is 0.450. The number of carbonyl (C=O) groups excluding carboxylic acids is 2. The van der Waals surface area contributed by atoms with Gasteiger partial charge in [0, 0.05) is 36.7 Å². The third kappa shape index (κ3) is 4.71. The van der Waals surface area contributed by atoms with E-state index in [0.29, 0.717) is 43.1 Å². The second-order valence-corrected chi connectivity index (χ2v) is 9.51. The number of likely N-dealkylation sites (tertiary alicyclic amines) is 1. The number of piperidine rings is 1. The van der Waals surface area contributed by atoms with Crippen molar-refractivity contribution >= 4 is 27.7 Å². The van der Waals surface area contributed by atoms with Crippen molar-refractivity contribution in [2.45, 2.75) is 43.5 Å². The van der Waals surface area contributed by atoms with Gasteiger partial charge in [0.1, 0.15) is 5.76 Å². The van der Waals surface area contributed by atoms with Crippen LogP contribution in [0.2, 0.25) is 0 Å². The average Bonchev–Trinajstić information content (AvgIpc) is 3.45. The van der Waals surface area contributed by atoms with Crippen molar-refractivity contribution in [2.75, 3.05) is 18.4 Å². The molecule has 160 valence electrons. The zero-order valence-electron chi connectivity index (χ0n) is 16.6. The summed E-state index contributed by atoms with van der Waals surface area (Å²) in [6, 6.07) is 7.67. The Balaban J connectivity index is 1.32. The SMILES string of the molecule is Cc1cc(NC(=O)C2CCN(C(=O)c3ccc(S(=O)(=O)NC4CC4)cc3)CC2)no1. The Hall–Kier alpha value is -2.72. The van der Waals surface area contributed by atoms with Crippen LogP contribution in [-0.4, -0.2) is 49.4 Å². The maximum absolute atomic E-state index is 12.8. The molecule has 0 radical (unpaired) electrons. The third-order valence-corrected chi connectivity index (χ3v) is 6.88. The molecule has 0 atom stereocenters. The zero-order chi connectivity index (χ0) is 21.3. The van der Waals surface area contributed by atoms with Crippen LogP contribution in [0.5, 0.6) is 0 Å². The van der Waals surface area contributed by atoms with Crippen molar-refractivity contribution in [3.8, 4) is 0 Å². The molecular formula is C20H24N4O5S. The lowest BCUT2D eigenvalue weighted by Crippen LogP contribution is -2.41. The first kappa shape index (κ1) is 20.5. The molecule has 2 N–H and O–H groups in total. The molecule has 10 heteroatoms. The van der Waals surface area contributed by atoms with Gasteiger partial charge in [0.15, 0.2) is 5.82 Å². The Morgan fingerprint density at radius 1 is 1.10 bits per heavy atom. The fourth-order valence-corrected chi connectivity index (χ4v) is 4.75. The Morgan fingerprint density at radius 3 is 2.33 bits per heavy atom. The van der Waals surface area contributed by atoms with E-state index in [4.69, 9.17) is 4.52 Å². The van der Waals surface area contributed by atoms with Crippen molar-refractivity contribution in [3.05, 3.63) is 41.7 Å². The largest absolute Gasteiger partial charge is 0.360 e. The number of aryl methyl sites for hydroxylation is 1. The maximum atomic E-state index is 12.8. The van der Waals surface area contributed by atoms with Crippen molar-refractivity contribution in [1.29, 1.82) is 0 Å². The van der Waals surface area contributed by atoms with Gasteiger partial charge in [0.2, 0.25) is 15.9 Å². The average molecular weight is 433 g/mol. The van der Waals surface area contributed by atoms with E-state index in [1.165, 1.54) is 24.3 Å². The second-order valence-electron chi connectivity index (χ2n) is 7.80. The number of nitrogens with one attached hydrogen (secondary N) is 2. The normalized spacial score (nSPS) is 17.7. The minimum absolute atomic E-state index is 0.0307. The van der Waals surface area contributed by atoms with Crippen LogP contribution in [0.3, 0.4) is 0 Å². The molecular weight excluding hydrogens is 408 g/mol. The first-order valence-electron chi connectivity index (χ1n) is 9.98. The molecule has 4 rings (SSSR count). The lowest BCUT2D eigenvalue weighted by molar-refractivity contribution is -0.121. The van der Waals surface area contributed by atoms with E-state index in [1.807, 2.05) is 0 Å². The van der Waals surface area contributed by atoms with Crippen LogP contribution in [-0.2, 0) is 14.8 Å². The number of anilines is 1. The van der Waals surface area contributed by atoms with Crippen molar-refractivity contribution < 1.29 is 22.5 Å². The summed E-state index contributed by atoms with van der Waals surface area (Å²) < 4.78 is 32.0. The first-order valence-corrected chi connectivity index (χ1v) is 11.5. The van der Waals surface area contributed by atoms with Crippen LogP contribution in [0.1, 0.15) is 41.8 Å². The Bertz CT molecular complexity index is 1040. The van der Waals surface area contributed by atoms with Crippen LogP contribution in [0.25, 0.3) is 0 Å². The lowest BCUT2D eigenvalue weighted by Gasteiger charge is -2.31. The molecule has 0 bridgehead atoms. The van der Waals surface area contributed by atoms with Crippen LogP contribution in [0.4, 0.5) is 5.82 Å². The summed E-state index contributed by atoms with van der Waals surface area (Å²) in [5.74, 6) is 0.510. The summed E-state index contributed by atoms with van der Waals surface area (Å²) in [6.07, 6.45) is 2.82. The van der Waals surface area contributed by atoms with E-state index >= 15 is 0 Å². The monoisotopic (exact) mass is 432 g/mol. The zero-order valence-corrected chi connectivity index (χ0v) is 17.4. The highest BCUT2D eigenvalue weighted by molar-refractivity contribution is 7.89. The highest BCUT2D eigenvalue weighted by atomic mass is 32.2. The van der Waals surface area contributed by atoms with Crippen LogP contribution in [0.15, 0.2) is 39.8 Å². The topological polar surface area (TPSA) is 122 Å². The highest BCUT2D eigenvalue weighted by Crippen LogP contribution is 2.24. The third-order valence-electron chi connectivity index (χ3n) is 5.34.